The fourth-order valence-electron chi connectivity index (χ4n) is 3.04. The topological polar surface area (TPSA) is 35.5 Å². The van der Waals surface area contributed by atoms with E-state index in [1.54, 1.807) is 0 Å². The molecular weight excluding hydrogens is 276 g/mol. The van der Waals surface area contributed by atoms with Crippen LogP contribution in [-0.4, -0.2) is 19.2 Å². The molecule has 1 aromatic rings. The second-order valence-electron chi connectivity index (χ2n) is 6.45. The first-order valence-corrected chi connectivity index (χ1v) is 7.95. The van der Waals surface area contributed by atoms with Gasteiger partial charge < -0.3 is 9.47 Å². The van der Waals surface area contributed by atoms with Gasteiger partial charge in [-0.15, -0.1) is 0 Å². The largest absolute Gasteiger partial charge is 0.463 e. The number of rotatable bonds is 6. The number of carbonyl (C=O) groups is 1. The van der Waals surface area contributed by atoms with Gasteiger partial charge in [0.1, 0.15) is 0 Å². The molecule has 0 saturated heterocycles. The third kappa shape index (κ3) is 3.58. The second-order valence-corrected chi connectivity index (χ2v) is 6.45. The molecule has 0 bridgehead atoms. The van der Waals surface area contributed by atoms with Gasteiger partial charge in [0.25, 0.3) is 0 Å². The lowest BCUT2D eigenvalue weighted by atomic mass is 9.57. The van der Waals surface area contributed by atoms with Crippen molar-refractivity contribution < 1.29 is 14.3 Å². The van der Waals surface area contributed by atoms with Gasteiger partial charge in [0, 0.05) is 5.57 Å². The molecule has 22 heavy (non-hydrogen) atoms. The first kappa shape index (κ1) is 16.8. The van der Waals surface area contributed by atoms with Crippen LogP contribution in [0.5, 0.6) is 0 Å². The van der Waals surface area contributed by atoms with Crippen molar-refractivity contribution in [1.82, 2.24) is 0 Å². The van der Waals surface area contributed by atoms with Crippen LogP contribution >= 0.6 is 0 Å². The molecular formula is C19H26O3. The maximum Gasteiger partial charge on any atom is 0.333 e. The Morgan fingerprint density at radius 2 is 1.95 bits per heavy atom. The molecule has 3 nitrogen and oxygen atoms in total. The SMILES string of the molecule is CCOC(=O)/C(C)=C1\CC(COCc2ccccc2)C1(C)C. The number of hydrogen-bond acceptors (Lipinski definition) is 3. The summed E-state index contributed by atoms with van der Waals surface area (Å²) in [7, 11) is 0. The van der Waals surface area contributed by atoms with Gasteiger partial charge in [-0.3, -0.25) is 0 Å². The molecule has 0 aromatic heterocycles. The summed E-state index contributed by atoms with van der Waals surface area (Å²) in [6.07, 6.45) is 0.923. The monoisotopic (exact) mass is 302 g/mol. The number of allylic oxidation sites excluding steroid dienone is 1. The average Bonchev–Trinajstić information content (AvgIpc) is 2.50. The van der Waals surface area contributed by atoms with Crippen LogP contribution in [0.25, 0.3) is 0 Å². The Kier molecular flexibility index (Phi) is 5.41. The van der Waals surface area contributed by atoms with E-state index in [1.165, 1.54) is 11.1 Å². The van der Waals surface area contributed by atoms with Gasteiger partial charge >= 0.3 is 5.97 Å². The average molecular weight is 302 g/mol. The van der Waals surface area contributed by atoms with Crippen molar-refractivity contribution in [2.75, 3.05) is 13.2 Å². The van der Waals surface area contributed by atoms with Crippen LogP contribution < -0.4 is 0 Å². The third-order valence-electron chi connectivity index (χ3n) is 4.71. The summed E-state index contributed by atoms with van der Waals surface area (Å²) >= 11 is 0. The quantitative estimate of drug-likeness (QED) is 0.585. The van der Waals surface area contributed by atoms with Crippen LogP contribution in [0.4, 0.5) is 0 Å². The first-order chi connectivity index (χ1) is 10.5. The van der Waals surface area contributed by atoms with Gasteiger partial charge in [-0.2, -0.15) is 0 Å². The van der Waals surface area contributed by atoms with E-state index in [0.29, 0.717) is 19.1 Å². The lowest BCUT2D eigenvalue weighted by molar-refractivity contribution is -0.138. The van der Waals surface area contributed by atoms with Crippen LogP contribution in [0.3, 0.4) is 0 Å². The standard InChI is InChI=1S/C19H26O3/c1-5-22-18(20)14(2)17-11-16(19(17,3)4)13-21-12-15-9-7-6-8-10-15/h6-10,16H,5,11-13H2,1-4H3/b17-14+. The van der Waals surface area contributed by atoms with E-state index in [1.807, 2.05) is 32.0 Å². The van der Waals surface area contributed by atoms with Gasteiger partial charge in [0.2, 0.25) is 0 Å². The van der Waals surface area contributed by atoms with Crippen LogP contribution in [0.1, 0.15) is 39.7 Å². The van der Waals surface area contributed by atoms with Crippen LogP contribution in [0, 0.1) is 11.3 Å². The van der Waals surface area contributed by atoms with Gasteiger partial charge in [0.15, 0.2) is 0 Å². The Balaban J connectivity index is 1.88. The summed E-state index contributed by atoms with van der Waals surface area (Å²) in [5.74, 6) is 0.268. The molecule has 1 unspecified atom stereocenters. The molecule has 1 aliphatic carbocycles. The highest BCUT2D eigenvalue weighted by Crippen LogP contribution is 2.52. The first-order valence-electron chi connectivity index (χ1n) is 7.95. The van der Waals surface area contributed by atoms with Crippen LogP contribution in [-0.2, 0) is 20.9 Å². The number of hydrogen-bond donors (Lipinski definition) is 0. The molecule has 1 aliphatic rings. The molecule has 0 aliphatic heterocycles. The van der Waals surface area contributed by atoms with Crippen molar-refractivity contribution in [2.45, 2.75) is 40.7 Å². The van der Waals surface area contributed by atoms with Crippen molar-refractivity contribution in [3.63, 3.8) is 0 Å². The fourth-order valence-corrected chi connectivity index (χ4v) is 3.04. The summed E-state index contributed by atoms with van der Waals surface area (Å²) in [4.78, 5) is 11.9. The van der Waals surface area contributed by atoms with Gasteiger partial charge in [-0.25, -0.2) is 4.79 Å². The van der Waals surface area contributed by atoms with E-state index < -0.39 is 0 Å². The lowest BCUT2D eigenvalue weighted by Crippen LogP contribution is -2.42. The van der Waals surface area contributed by atoms with Crippen LogP contribution in [0.2, 0.25) is 0 Å². The Hall–Kier alpha value is -1.61. The second kappa shape index (κ2) is 7.10. The zero-order chi connectivity index (χ0) is 16.2. The Bertz CT molecular complexity index is 543. The van der Waals surface area contributed by atoms with Gasteiger partial charge in [-0.1, -0.05) is 49.8 Å². The smallest absolute Gasteiger partial charge is 0.333 e. The Morgan fingerprint density at radius 1 is 1.27 bits per heavy atom. The summed E-state index contributed by atoms with van der Waals surface area (Å²) < 4.78 is 11.0. The minimum atomic E-state index is -0.186. The molecule has 120 valence electrons. The molecule has 0 heterocycles. The van der Waals surface area contributed by atoms with E-state index in [4.69, 9.17) is 9.47 Å². The predicted octanol–water partition coefficient (Wildman–Crippen LogP) is 4.13. The summed E-state index contributed by atoms with van der Waals surface area (Å²) in [6.45, 7) is 9.87. The van der Waals surface area contributed by atoms with Gasteiger partial charge in [-0.05, 0) is 37.2 Å². The normalized spacial score (nSPS) is 21.9. The van der Waals surface area contributed by atoms with Crippen molar-refractivity contribution in [3.8, 4) is 0 Å². The maximum absolute atomic E-state index is 11.9. The molecule has 2 rings (SSSR count). The van der Waals surface area contributed by atoms with E-state index in [9.17, 15) is 4.79 Å². The minimum Gasteiger partial charge on any atom is -0.463 e. The highest BCUT2D eigenvalue weighted by atomic mass is 16.5. The molecule has 0 spiro atoms. The van der Waals surface area contributed by atoms with E-state index >= 15 is 0 Å². The number of carbonyl (C=O) groups excluding carboxylic acids is 1. The molecule has 1 saturated carbocycles. The Labute approximate surface area is 133 Å². The summed E-state index contributed by atoms with van der Waals surface area (Å²) in [6, 6.07) is 10.2. The maximum atomic E-state index is 11.9. The molecule has 0 amide bonds. The number of ether oxygens (including phenoxy) is 2. The molecule has 1 atom stereocenters. The van der Waals surface area contributed by atoms with Crippen molar-refractivity contribution in [1.29, 1.82) is 0 Å². The molecule has 3 heteroatoms. The zero-order valence-electron chi connectivity index (χ0n) is 14.0. The molecule has 1 aromatic carbocycles. The number of esters is 1. The molecule has 1 fully saturated rings. The third-order valence-corrected chi connectivity index (χ3v) is 4.71. The zero-order valence-corrected chi connectivity index (χ0v) is 14.0. The highest BCUT2D eigenvalue weighted by Gasteiger charge is 2.45. The van der Waals surface area contributed by atoms with E-state index in [-0.39, 0.29) is 11.4 Å². The minimum absolute atomic E-state index is 0.00747. The van der Waals surface area contributed by atoms with Crippen molar-refractivity contribution >= 4 is 5.97 Å². The number of benzene rings is 1. The van der Waals surface area contributed by atoms with Crippen molar-refractivity contribution in [2.24, 2.45) is 11.3 Å². The fraction of sp³-hybridized carbons (Fsp3) is 0.526. The molecule has 0 N–H and O–H groups in total. The van der Waals surface area contributed by atoms with Gasteiger partial charge in [0.05, 0.1) is 19.8 Å². The predicted molar refractivity (Wildman–Crippen MR) is 87.3 cm³/mol. The van der Waals surface area contributed by atoms with Crippen LogP contribution in [0.15, 0.2) is 41.5 Å². The Morgan fingerprint density at radius 3 is 2.55 bits per heavy atom. The molecule has 0 radical (unpaired) electrons. The summed E-state index contributed by atoms with van der Waals surface area (Å²) in [5, 5.41) is 0. The van der Waals surface area contributed by atoms with E-state index in [2.05, 4.69) is 26.0 Å². The summed E-state index contributed by atoms with van der Waals surface area (Å²) in [5.41, 5.74) is 3.18. The van der Waals surface area contributed by atoms with Crippen molar-refractivity contribution in [3.05, 3.63) is 47.0 Å². The highest BCUT2D eigenvalue weighted by molar-refractivity contribution is 5.89. The van der Waals surface area contributed by atoms with E-state index in [0.717, 1.165) is 18.6 Å². The lowest BCUT2D eigenvalue weighted by Gasteiger charge is -2.48.